The van der Waals surface area contributed by atoms with E-state index < -0.39 is 23.5 Å². The Balaban J connectivity index is 1.63. The summed E-state index contributed by atoms with van der Waals surface area (Å²) in [5, 5.41) is 8.57. The van der Waals surface area contributed by atoms with Gasteiger partial charge >= 0.3 is 12.4 Å². The molecular formula is C30H21F6N3. The largest absolute Gasteiger partial charge is 0.416 e. The summed E-state index contributed by atoms with van der Waals surface area (Å²) in [6.45, 7) is -0.342. The highest BCUT2D eigenvalue weighted by atomic mass is 19.4. The molecule has 198 valence electrons. The van der Waals surface area contributed by atoms with Gasteiger partial charge in [0.1, 0.15) is 5.69 Å². The van der Waals surface area contributed by atoms with Crippen LogP contribution in [0, 0.1) is 0 Å². The third-order valence-corrected chi connectivity index (χ3v) is 6.27. The number of hydrogen-bond acceptors (Lipinski definition) is 2. The second kappa shape index (κ2) is 10.4. The molecule has 0 radical (unpaired) electrons. The summed E-state index contributed by atoms with van der Waals surface area (Å²) in [5.74, 6) is 0. The van der Waals surface area contributed by atoms with Crippen molar-refractivity contribution in [2.45, 2.75) is 25.3 Å². The quantitative estimate of drug-likeness (QED) is 0.204. The van der Waals surface area contributed by atoms with E-state index in [0.717, 1.165) is 16.7 Å². The standard InChI is InChI=1S/C30H21F6N3/c31-29(32,33)24-16-21(17-25(18-24)30(34,35)36)19-39-28(22-11-5-2-6-12-22)27(37-38-39)26-14-8-7-13-23(26)15-20-9-3-1-4-10-20/h1-14,16-18H,15,19H2. The van der Waals surface area contributed by atoms with Crippen molar-refractivity contribution in [1.29, 1.82) is 0 Å². The molecule has 3 nitrogen and oxygen atoms in total. The van der Waals surface area contributed by atoms with E-state index in [1.165, 1.54) is 4.68 Å². The third-order valence-electron chi connectivity index (χ3n) is 6.27. The first-order valence-corrected chi connectivity index (χ1v) is 12.0. The van der Waals surface area contributed by atoms with Crippen LogP contribution in [0.15, 0.2) is 103 Å². The van der Waals surface area contributed by atoms with Crippen molar-refractivity contribution >= 4 is 0 Å². The Bertz CT molecular complexity index is 1540. The average Bonchev–Trinajstić information content (AvgIpc) is 3.32. The van der Waals surface area contributed by atoms with Crippen molar-refractivity contribution < 1.29 is 26.3 Å². The molecule has 5 aromatic rings. The first-order valence-electron chi connectivity index (χ1n) is 12.0. The second-order valence-corrected chi connectivity index (χ2v) is 9.04. The molecule has 9 heteroatoms. The molecule has 5 rings (SSSR count). The molecule has 39 heavy (non-hydrogen) atoms. The molecule has 0 amide bonds. The minimum atomic E-state index is -4.94. The van der Waals surface area contributed by atoms with Gasteiger partial charge in [0.2, 0.25) is 0 Å². The zero-order valence-corrected chi connectivity index (χ0v) is 20.3. The highest BCUT2D eigenvalue weighted by Gasteiger charge is 2.37. The smallest absolute Gasteiger partial charge is 0.240 e. The van der Waals surface area contributed by atoms with Gasteiger partial charge in [-0.2, -0.15) is 26.3 Å². The monoisotopic (exact) mass is 537 g/mol. The number of rotatable bonds is 6. The zero-order chi connectivity index (χ0) is 27.6. The Labute approximate surface area is 220 Å². The lowest BCUT2D eigenvalue weighted by Crippen LogP contribution is -2.13. The number of aromatic nitrogens is 3. The molecule has 1 aromatic heterocycles. The van der Waals surface area contributed by atoms with E-state index in [1.807, 2.05) is 60.7 Å². The molecule has 4 aromatic carbocycles. The number of nitrogens with zero attached hydrogens (tertiary/aromatic N) is 3. The Morgan fingerprint density at radius 3 is 1.79 bits per heavy atom. The fourth-order valence-electron chi connectivity index (χ4n) is 4.49. The van der Waals surface area contributed by atoms with Crippen LogP contribution in [0.25, 0.3) is 22.5 Å². The summed E-state index contributed by atoms with van der Waals surface area (Å²) in [6.07, 6.45) is -9.29. The molecule has 0 bridgehead atoms. The minimum absolute atomic E-state index is 0.119. The fourth-order valence-corrected chi connectivity index (χ4v) is 4.49. The molecule has 0 saturated heterocycles. The lowest BCUT2D eigenvalue weighted by molar-refractivity contribution is -0.143. The first kappa shape index (κ1) is 26.2. The molecule has 0 aliphatic heterocycles. The van der Waals surface area contributed by atoms with Crippen molar-refractivity contribution in [2.24, 2.45) is 0 Å². The maximum Gasteiger partial charge on any atom is 0.416 e. The van der Waals surface area contributed by atoms with Gasteiger partial charge in [0.25, 0.3) is 0 Å². The maximum atomic E-state index is 13.5. The molecule has 0 aliphatic carbocycles. The molecule has 0 saturated carbocycles. The van der Waals surface area contributed by atoms with E-state index in [1.54, 1.807) is 24.3 Å². The van der Waals surface area contributed by atoms with Gasteiger partial charge in [0, 0.05) is 11.1 Å². The summed E-state index contributed by atoms with van der Waals surface area (Å²) in [5.41, 5.74) is 1.50. The van der Waals surface area contributed by atoms with Gasteiger partial charge in [-0.25, -0.2) is 4.68 Å². The van der Waals surface area contributed by atoms with Crippen molar-refractivity contribution in [1.82, 2.24) is 15.0 Å². The lowest BCUT2D eigenvalue weighted by Gasteiger charge is -2.15. The van der Waals surface area contributed by atoms with E-state index in [2.05, 4.69) is 10.3 Å². The predicted octanol–water partition coefficient (Wildman–Crippen LogP) is 8.29. The van der Waals surface area contributed by atoms with Gasteiger partial charge in [-0.1, -0.05) is 90.1 Å². The second-order valence-electron chi connectivity index (χ2n) is 9.04. The van der Waals surface area contributed by atoms with E-state index >= 15 is 0 Å². The molecule has 0 spiro atoms. The summed E-state index contributed by atoms with van der Waals surface area (Å²) in [7, 11) is 0. The number of alkyl halides is 6. The van der Waals surface area contributed by atoms with Crippen LogP contribution in [0.4, 0.5) is 26.3 Å². The highest BCUT2D eigenvalue weighted by Crippen LogP contribution is 2.38. The fraction of sp³-hybridized carbons (Fsp3) is 0.133. The molecule has 0 N–H and O–H groups in total. The van der Waals surface area contributed by atoms with Crippen molar-refractivity contribution in [2.75, 3.05) is 0 Å². The number of benzene rings is 4. The van der Waals surface area contributed by atoms with Crippen LogP contribution < -0.4 is 0 Å². The molecule has 0 unspecified atom stereocenters. The maximum absolute atomic E-state index is 13.5. The predicted molar refractivity (Wildman–Crippen MR) is 136 cm³/mol. The van der Waals surface area contributed by atoms with Crippen LogP contribution in [-0.2, 0) is 25.3 Å². The van der Waals surface area contributed by atoms with Gasteiger partial charge < -0.3 is 0 Å². The van der Waals surface area contributed by atoms with E-state index in [0.29, 0.717) is 35.5 Å². The van der Waals surface area contributed by atoms with Crippen LogP contribution in [0.1, 0.15) is 27.8 Å². The zero-order valence-electron chi connectivity index (χ0n) is 20.3. The van der Waals surface area contributed by atoms with E-state index in [9.17, 15) is 26.3 Å². The van der Waals surface area contributed by atoms with Crippen molar-refractivity contribution in [3.8, 4) is 22.5 Å². The summed E-state index contributed by atoms with van der Waals surface area (Å²) < 4.78 is 82.1. The van der Waals surface area contributed by atoms with Gasteiger partial charge in [-0.05, 0) is 41.3 Å². The number of halogens is 6. The van der Waals surface area contributed by atoms with Crippen LogP contribution in [0.2, 0.25) is 0 Å². The highest BCUT2D eigenvalue weighted by molar-refractivity contribution is 5.80. The average molecular weight is 538 g/mol. The van der Waals surface area contributed by atoms with Gasteiger partial charge in [0.05, 0.1) is 23.4 Å². The first-order chi connectivity index (χ1) is 18.6. The molecule has 1 heterocycles. The van der Waals surface area contributed by atoms with Gasteiger partial charge in [-0.3, -0.25) is 0 Å². The summed E-state index contributed by atoms with van der Waals surface area (Å²) in [6, 6.07) is 27.9. The van der Waals surface area contributed by atoms with Crippen molar-refractivity contribution in [3.63, 3.8) is 0 Å². The van der Waals surface area contributed by atoms with Gasteiger partial charge in [0.15, 0.2) is 0 Å². The SMILES string of the molecule is FC(F)(F)c1cc(Cn2nnc(-c3ccccc3Cc3ccccc3)c2-c2ccccc2)cc(C(F)(F)F)c1. The van der Waals surface area contributed by atoms with Crippen molar-refractivity contribution in [3.05, 3.63) is 131 Å². The normalized spacial score (nSPS) is 12.1. The Morgan fingerprint density at radius 1 is 0.615 bits per heavy atom. The minimum Gasteiger partial charge on any atom is -0.240 e. The number of hydrogen-bond donors (Lipinski definition) is 0. The Hall–Kier alpha value is -4.40. The van der Waals surface area contributed by atoms with E-state index in [4.69, 9.17) is 0 Å². The summed E-state index contributed by atoms with van der Waals surface area (Å²) >= 11 is 0. The van der Waals surface area contributed by atoms with E-state index in [-0.39, 0.29) is 18.2 Å². The van der Waals surface area contributed by atoms with Crippen LogP contribution in [0.5, 0.6) is 0 Å². The van der Waals surface area contributed by atoms with Crippen LogP contribution >= 0.6 is 0 Å². The van der Waals surface area contributed by atoms with Gasteiger partial charge in [-0.15, -0.1) is 5.10 Å². The topological polar surface area (TPSA) is 30.7 Å². The summed E-state index contributed by atoms with van der Waals surface area (Å²) in [4.78, 5) is 0. The van der Waals surface area contributed by atoms with Crippen LogP contribution in [0.3, 0.4) is 0 Å². The molecule has 0 fully saturated rings. The molecule has 0 aliphatic rings. The Morgan fingerprint density at radius 2 is 1.18 bits per heavy atom. The lowest BCUT2D eigenvalue weighted by atomic mass is 9.95. The molecule has 0 atom stereocenters. The third kappa shape index (κ3) is 5.87. The Kier molecular flexibility index (Phi) is 6.99. The molecular weight excluding hydrogens is 516 g/mol. The van der Waals surface area contributed by atoms with Crippen LogP contribution in [-0.4, -0.2) is 15.0 Å².